The lowest BCUT2D eigenvalue weighted by atomic mass is 10.2. The van der Waals surface area contributed by atoms with Crippen LogP contribution in [0.2, 0.25) is 5.15 Å². The molecular weight excluding hydrogens is 234 g/mol. The van der Waals surface area contributed by atoms with Crippen molar-refractivity contribution in [2.45, 2.75) is 39.5 Å². The van der Waals surface area contributed by atoms with E-state index in [1.165, 1.54) is 19.3 Å². The van der Waals surface area contributed by atoms with E-state index in [1.807, 2.05) is 13.8 Å². The normalized spacial score (nSPS) is 14.9. The van der Waals surface area contributed by atoms with Gasteiger partial charge in [0, 0.05) is 12.1 Å². The Morgan fingerprint density at radius 2 is 2.18 bits per heavy atom. The molecule has 0 spiro atoms. The number of rotatable bonds is 4. The fraction of sp³-hybridized carbons (Fsp3) is 0.538. The highest BCUT2D eigenvalue weighted by Crippen LogP contribution is 2.22. The highest BCUT2D eigenvalue weighted by Gasteiger charge is 2.08. The lowest BCUT2D eigenvalue weighted by Gasteiger charge is -2.10. The van der Waals surface area contributed by atoms with Crippen LogP contribution in [0.1, 0.15) is 37.1 Å². The molecule has 1 aromatic rings. The molecule has 0 radical (unpaired) electrons. The van der Waals surface area contributed by atoms with Crippen molar-refractivity contribution < 1.29 is 0 Å². The molecule has 0 aliphatic heterocycles. The van der Waals surface area contributed by atoms with E-state index in [1.54, 1.807) is 5.57 Å². The SMILES string of the molecule is Cc1nc(Cl)c(C)c(NCCC2=CCCC2)n1. The maximum atomic E-state index is 6.02. The molecule has 3 nitrogen and oxygen atoms in total. The molecule has 0 bridgehead atoms. The molecule has 0 unspecified atom stereocenters. The van der Waals surface area contributed by atoms with Crippen LogP contribution in [0, 0.1) is 13.8 Å². The van der Waals surface area contributed by atoms with Gasteiger partial charge >= 0.3 is 0 Å². The zero-order valence-electron chi connectivity index (χ0n) is 10.4. The molecule has 1 N–H and O–H groups in total. The second-order valence-electron chi connectivity index (χ2n) is 4.47. The summed E-state index contributed by atoms with van der Waals surface area (Å²) in [6.07, 6.45) is 7.26. The lowest BCUT2D eigenvalue weighted by Crippen LogP contribution is -2.07. The first-order valence-corrected chi connectivity index (χ1v) is 6.47. The third kappa shape index (κ3) is 3.19. The van der Waals surface area contributed by atoms with Gasteiger partial charge in [-0.3, -0.25) is 0 Å². The molecule has 0 amide bonds. The molecule has 0 aromatic carbocycles. The van der Waals surface area contributed by atoms with Crippen LogP contribution in [-0.2, 0) is 0 Å². The molecule has 0 atom stereocenters. The summed E-state index contributed by atoms with van der Waals surface area (Å²) in [6.45, 7) is 4.72. The standard InChI is InChI=1S/C13H18ClN3/c1-9-12(14)16-10(2)17-13(9)15-8-7-11-5-3-4-6-11/h5H,3-4,6-8H2,1-2H3,(H,15,16,17). The fourth-order valence-corrected chi connectivity index (χ4v) is 2.28. The van der Waals surface area contributed by atoms with Crippen molar-refractivity contribution in [3.63, 3.8) is 0 Å². The Hall–Kier alpha value is -1.09. The van der Waals surface area contributed by atoms with Gasteiger partial charge in [0.1, 0.15) is 16.8 Å². The minimum absolute atomic E-state index is 0.542. The van der Waals surface area contributed by atoms with Crippen molar-refractivity contribution in [2.24, 2.45) is 0 Å². The first kappa shape index (κ1) is 12.4. The molecule has 92 valence electrons. The molecular formula is C13H18ClN3. The highest BCUT2D eigenvalue weighted by molar-refractivity contribution is 6.30. The van der Waals surface area contributed by atoms with Gasteiger partial charge in [0.25, 0.3) is 0 Å². The minimum Gasteiger partial charge on any atom is -0.369 e. The average Bonchev–Trinajstić information content (AvgIpc) is 2.78. The summed E-state index contributed by atoms with van der Waals surface area (Å²) in [5.41, 5.74) is 2.49. The summed E-state index contributed by atoms with van der Waals surface area (Å²) in [7, 11) is 0. The Morgan fingerprint density at radius 3 is 2.88 bits per heavy atom. The Morgan fingerprint density at radius 1 is 1.35 bits per heavy atom. The van der Waals surface area contributed by atoms with E-state index in [4.69, 9.17) is 11.6 Å². The Bertz CT molecular complexity index is 441. The molecule has 1 aliphatic carbocycles. The van der Waals surface area contributed by atoms with Crippen LogP contribution in [-0.4, -0.2) is 16.5 Å². The van der Waals surface area contributed by atoms with E-state index in [0.29, 0.717) is 11.0 Å². The Balaban J connectivity index is 1.94. The number of hydrogen-bond acceptors (Lipinski definition) is 3. The molecule has 4 heteroatoms. The third-order valence-electron chi connectivity index (χ3n) is 3.07. The number of hydrogen-bond donors (Lipinski definition) is 1. The quantitative estimate of drug-likeness (QED) is 0.656. The van der Waals surface area contributed by atoms with Crippen molar-refractivity contribution in [3.8, 4) is 0 Å². The van der Waals surface area contributed by atoms with E-state index in [2.05, 4.69) is 21.4 Å². The first-order chi connectivity index (χ1) is 8.16. The second kappa shape index (κ2) is 5.50. The summed E-state index contributed by atoms with van der Waals surface area (Å²) in [4.78, 5) is 8.49. The van der Waals surface area contributed by atoms with Gasteiger partial charge < -0.3 is 5.32 Å². The molecule has 0 saturated carbocycles. The number of aromatic nitrogens is 2. The first-order valence-electron chi connectivity index (χ1n) is 6.09. The van der Waals surface area contributed by atoms with E-state index < -0.39 is 0 Å². The molecule has 1 aliphatic rings. The van der Waals surface area contributed by atoms with Crippen molar-refractivity contribution >= 4 is 17.4 Å². The average molecular weight is 252 g/mol. The van der Waals surface area contributed by atoms with Gasteiger partial charge in [-0.25, -0.2) is 9.97 Å². The zero-order chi connectivity index (χ0) is 12.3. The number of halogens is 1. The van der Waals surface area contributed by atoms with E-state index in [0.717, 1.165) is 24.3 Å². The Labute approximate surface area is 107 Å². The summed E-state index contributed by atoms with van der Waals surface area (Å²) in [6, 6.07) is 0. The highest BCUT2D eigenvalue weighted by atomic mass is 35.5. The molecule has 0 fully saturated rings. The summed E-state index contributed by atoms with van der Waals surface area (Å²) in [5, 5.41) is 3.89. The van der Waals surface area contributed by atoms with Crippen LogP contribution in [0.25, 0.3) is 0 Å². The topological polar surface area (TPSA) is 37.8 Å². The van der Waals surface area contributed by atoms with Gasteiger partial charge in [-0.2, -0.15) is 0 Å². The van der Waals surface area contributed by atoms with Crippen LogP contribution in [0.15, 0.2) is 11.6 Å². The zero-order valence-corrected chi connectivity index (χ0v) is 11.1. The van der Waals surface area contributed by atoms with Crippen molar-refractivity contribution in [3.05, 3.63) is 28.2 Å². The van der Waals surface area contributed by atoms with E-state index in [-0.39, 0.29) is 0 Å². The van der Waals surface area contributed by atoms with Gasteiger partial charge in [0.2, 0.25) is 0 Å². The lowest BCUT2D eigenvalue weighted by molar-refractivity contribution is 0.860. The maximum absolute atomic E-state index is 6.02. The number of aryl methyl sites for hydroxylation is 1. The van der Waals surface area contributed by atoms with Crippen LogP contribution in [0.4, 0.5) is 5.82 Å². The summed E-state index contributed by atoms with van der Waals surface area (Å²) in [5.74, 6) is 1.57. The number of anilines is 1. The molecule has 17 heavy (non-hydrogen) atoms. The van der Waals surface area contributed by atoms with Crippen LogP contribution >= 0.6 is 11.6 Å². The number of nitrogens with one attached hydrogen (secondary N) is 1. The largest absolute Gasteiger partial charge is 0.369 e. The van der Waals surface area contributed by atoms with Gasteiger partial charge in [-0.05, 0) is 39.5 Å². The molecule has 2 rings (SSSR count). The second-order valence-corrected chi connectivity index (χ2v) is 4.82. The van der Waals surface area contributed by atoms with Gasteiger partial charge in [0.05, 0.1) is 0 Å². The van der Waals surface area contributed by atoms with Crippen LogP contribution in [0.5, 0.6) is 0 Å². The van der Waals surface area contributed by atoms with Gasteiger partial charge in [-0.1, -0.05) is 23.3 Å². The predicted octanol–water partition coefficient (Wildman–Crippen LogP) is 3.66. The van der Waals surface area contributed by atoms with Gasteiger partial charge in [-0.15, -0.1) is 0 Å². The monoisotopic (exact) mass is 251 g/mol. The van der Waals surface area contributed by atoms with Gasteiger partial charge in [0.15, 0.2) is 0 Å². The summed E-state index contributed by atoms with van der Waals surface area (Å²) >= 11 is 6.02. The number of allylic oxidation sites excluding steroid dienone is 1. The Kier molecular flexibility index (Phi) is 4.00. The molecule has 1 heterocycles. The minimum atomic E-state index is 0.542. The van der Waals surface area contributed by atoms with E-state index >= 15 is 0 Å². The fourth-order valence-electron chi connectivity index (χ4n) is 2.07. The summed E-state index contributed by atoms with van der Waals surface area (Å²) < 4.78 is 0. The smallest absolute Gasteiger partial charge is 0.137 e. The van der Waals surface area contributed by atoms with Crippen molar-refractivity contribution in [2.75, 3.05) is 11.9 Å². The van der Waals surface area contributed by atoms with E-state index in [9.17, 15) is 0 Å². The van der Waals surface area contributed by atoms with Crippen LogP contribution in [0.3, 0.4) is 0 Å². The maximum Gasteiger partial charge on any atom is 0.137 e. The number of nitrogens with zero attached hydrogens (tertiary/aromatic N) is 2. The van der Waals surface area contributed by atoms with Crippen LogP contribution < -0.4 is 5.32 Å². The van der Waals surface area contributed by atoms with Crippen molar-refractivity contribution in [1.29, 1.82) is 0 Å². The third-order valence-corrected chi connectivity index (χ3v) is 3.44. The van der Waals surface area contributed by atoms with Crippen molar-refractivity contribution in [1.82, 2.24) is 9.97 Å². The predicted molar refractivity (Wildman–Crippen MR) is 71.6 cm³/mol. The molecule has 1 aromatic heterocycles. The molecule has 0 saturated heterocycles.